The first-order valence-corrected chi connectivity index (χ1v) is 8.68. The van der Waals surface area contributed by atoms with E-state index >= 15 is 0 Å². The summed E-state index contributed by atoms with van der Waals surface area (Å²) >= 11 is 0. The summed E-state index contributed by atoms with van der Waals surface area (Å²) in [5.41, 5.74) is 0.353. The Morgan fingerprint density at radius 3 is 2.70 bits per heavy atom. The SMILES string of the molecule is CCNC(=NCCNc1ncccc1C(F)(F)F)N(C)Cc1cccn1C. The molecule has 2 aromatic heterocycles. The number of anilines is 1. The highest BCUT2D eigenvalue weighted by molar-refractivity contribution is 5.79. The lowest BCUT2D eigenvalue weighted by atomic mass is 10.2. The molecule has 0 aromatic carbocycles. The number of aliphatic imine (C=N–C) groups is 1. The molecular formula is C18H25F3N6. The molecule has 0 amide bonds. The lowest BCUT2D eigenvalue weighted by Crippen LogP contribution is -2.39. The number of alkyl halides is 3. The third-order valence-corrected chi connectivity index (χ3v) is 3.93. The van der Waals surface area contributed by atoms with Crippen molar-refractivity contribution in [3.63, 3.8) is 0 Å². The molecule has 9 heteroatoms. The van der Waals surface area contributed by atoms with Crippen LogP contribution < -0.4 is 10.6 Å². The maximum Gasteiger partial charge on any atom is 0.419 e. The number of pyridine rings is 1. The molecule has 0 saturated heterocycles. The van der Waals surface area contributed by atoms with Crippen molar-refractivity contribution in [2.24, 2.45) is 12.0 Å². The highest BCUT2D eigenvalue weighted by atomic mass is 19.4. The van der Waals surface area contributed by atoms with Crippen molar-refractivity contribution in [3.05, 3.63) is 47.9 Å². The van der Waals surface area contributed by atoms with Crippen LogP contribution in [0.2, 0.25) is 0 Å². The number of aryl methyl sites for hydroxylation is 1. The summed E-state index contributed by atoms with van der Waals surface area (Å²) < 4.78 is 41.0. The highest BCUT2D eigenvalue weighted by Gasteiger charge is 2.33. The van der Waals surface area contributed by atoms with E-state index in [0.29, 0.717) is 25.6 Å². The quantitative estimate of drug-likeness (QED) is 0.439. The zero-order valence-electron chi connectivity index (χ0n) is 15.7. The van der Waals surface area contributed by atoms with E-state index in [1.165, 1.54) is 12.3 Å². The molecule has 27 heavy (non-hydrogen) atoms. The molecule has 0 aliphatic rings. The van der Waals surface area contributed by atoms with Crippen LogP contribution in [0, 0.1) is 0 Å². The summed E-state index contributed by atoms with van der Waals surface area (Å²) in [6.07, 6.45) is -1.13. The summed E-state index contributed by atoms with van der Waals surface area (Å²) in [6, 6.07) is 6.29. The van der Waals surface area contributed by atoms with Crippen LogP contribution in [0.25, 0.3) is 0 Å². The van der Waals surface area contributed by atoms with E-state index in [1.54, 1.807) is 0 Å². The Labute approximate surface area is 157 Å². The molecule has 0 spiro atoms. The van der Waals surface area contributed by atoms with Gasteiger partial charge in [0.25, 0.3) is 0 Å². The van der Waals surface area contributed by atoms with Crippen molar-refractivity contribution in [1.29, 1.82) is 0 Å². The van der Waals surface area contributed by atoms with Gasteiger partial charge < -0.3 is 20.1 Å². The molecule has 6 nitrogen and oxygen atoms in total. The fourth-order valence-corrected chi connectivity index (χ4v) is 2.56. The summed E-state index contributed by atoms with van der Waals surface area (Å²) in [6.45, 7) is 3.89. The van der Waals surface area contributed by atoms with Crippen molar-refractivity contribution in [2.45, 2.75) is 19.6 Å². The van der Waals surface area contributed by atoms with Crippen molar-refractivity contribution in [2.75, 3.05) is 32.0 Å². The standard InChI is InChI=1S/C18H25F3N6/c1-4-22-17(27(3)13-14-7-6-12-26(14)2)25-11-10-24-16-15(18(19,20)21)8-5-9-23-16/h5-9,12H,4,10-11,13H2,1-3H3,(H,22,25)(H,23,24). The smallest absolute Gasteiger partial charge is 0.368 e. The Morgan fingerprint density at radius 2 is 2.07 bits per heavy atom. The van der Waals surface area contributed by atoms with Crippen LogP contribution in [0.5, 0.6) is 0 Å². The third kappa shape index (κ3) is 5.90. The summed E-state index contributed by atoms with van der Waals surface area (Å²) in [5.74, 6) is 0.514. The summed E-state index contributed by atoms with van der Waals surface area (Å²) in [4.78, 5) is 10.2. The first kappa shape index (κ1) is 20.6. The van der Waals surface area contributed by atoms with Gasteiger partial charge >= 0.3 is 6.18 Å². The highest BCUT2D eigenvalue weighted by Crippen LogP contribution is 2.33. The van der Waals surface area contributed by atoms with Crippen LogP contribution in [-0.2, 0) is 19.8 Å². The van der Waals surface area contributed by atoms with Crippen molar-refractivity contribution >= 4 is 11.8 Å². The number of guanidine groups is 1. The van der Waals surface area contributed by atoms with E-state index in [1.807, 2.05) is 48.8 Å². The predicted molar refractivity (Wildman–Crippen MR) is 101 cm³/mol. The van der Waals surface area contributed by atoms with Crippen molar-refractivity contribution < 1.29 is 13.2 Å². The van der Waals surface area contributed by atoms with E-state index in [9.17, 15) is 13.2 Å². The fourth-order valence-electron chi connectivity index (χ4n) is 2.56. The molecule has 0 saturated carbocycles. The van der Waals surface area contributed by atoms with Crippen LogP contribution in [0.1, 0.15) is 18.2 Å². The Balaban J connectivity index is 1.97. The molecule has 2 heterocycles. The van der Waals surface area contributed by atoms with Gasteiger partial charge in [-0.3, -0.25) is 4.99 Å². The average Bonchev–Trinajstić information content (AvgIpc) is 3.02. The lowest BCUT2D eigenvalue weighted by Gasteiger charge is -2.22. The monoisotopic (exact) mass is 382 g/mol. The van der Waals surface area contributed by atoms with E-state index < -0.39 is 11.7 Å². The second-order valence-electron chi connectivity index (χ2n) is 6.03. The molecular weight excluding hydrogens is 357 g/mol. The molecule has 2 aromatic rings. The van der Waals surface area contributed by atoms with E-state index in [2.05, 4.69) is 20.6 Å². The second-order valence-corrected chi connectivity index (χ2v) is 6.03. The number of aromatic nitrogens is 2. The number of hydrogen-bond acceptors (Lipinski definition) is 3. The number of rotatable bonds is 7. The van der Waals surface area contributed by atoms with E-state index in [0.717, 1.165) is 11.8 Å². The van der Waals surface area contributed by atoms with Crippen LogP contribution in [0.4, 0.5) is 19.0 Å². The van der Waals surface area contributed by atoms with Gasteiger partial charge in [0.15, 0.2) is 5.96 Å². The number of nitrogens with zero attached hydrogens (tertiary/aromatic N) is 4. The normalized spacial score (nSPS) is 12.1. The van der Waals surface area contributed by atoms with E-state index in [4.69, 9.17) is 0 Å². The van der Waals surface area contributed by atoms with Gasteiger partial charge in [-0.2, -0.15) is 13.2 Å². The molecule has 0 atom stereocenters. The van der Waals surface area contributed by atoms with Crippen molar-refractivity contribution in [3.8, 4) is 0 Å². The topological polar surface area (TPSA) is 57.5 Å². The molecule has 2 N–H and O–H groups in total. The summed E-state index contributed by atoms with van der Waals surface area (Å²) in [7, 11) is 3.89. The Morgan fingerprint density at radius 1 is 1.30 bits per heavy atom. The molecule has 2 rings (SSSR count). The van der Waals surface area contributed by atoms with Gasteiger partial charge in [-0.15, -0.1) is 0 Å². The Hall–Kier alpha value is -2.71. The Kier molecular flexibility index (Phi) is 7.09. The van der Waals surface area contributed by atoms with Crippen molar-refractivity contribution in [1.82, 2.24) is 19.8 Å². The van der Waals surface area contributed by atoms with Crippen LogP contribution >= 0.6 is 0 Å². The van der Waals surface area contributed by atoms with Crippen LogP contribution in [-0.4, -0.2) is 47.1 Å². The minimum Gasteiger partial charge on any atom is -0.368 e. The first-order chi connectivity index (χ1) is 12.8. The molecule has 0 aliphatic carbocycles. The maximum absolute atomic E-state index is 13.0. The minimum atomic E-state index is -4.44. The van der Waals surface area contributed by atoms with Gasteiger partial charge in [-0.1, -0.05) is 0 Å². The fraction of sp³-hybridized carbons (Fsp3) is 0.444. The Bertz CT molecular complexity index is 754. The summed E-state index contributed by atoms with van der Waals surface area (Å²) in [5, 5.41) is 5.91. The minimum absolute atomic E-state index is 0.178. The molecule has 0 radical (unpaired) electrons. The van der Waals surface area contributed by atoms with Crippen LogP contribution in [0.15, 0.2) is 41.7 Å². The number of nitrogens with one attached hydrogen (secondary N) is 2. The third-order valence-electron chi connectivity index (χ3n) is 3.93. The molecule has 0 unspecified atom stereocenters. The largest absolute Gasteiger partial charge is 0.419 e. The van der Waals surface area contributed by atoms with Gasteiger partial charge in [-0.25, -0.2) is 4.98 Å². The maximum atomic E-state index is 13.0. The number of halogens is 3. The molecule has 0 bridgehead atoms. The van der Waals surface area contributed by atoms with Gasteiger partial charge in [0.2, 0.25) is 0 Å². The number of hydrogen-bond donors (Lipinski definition) is 2. The van der Waals surface area contributed by atoms with E-state index in [-0.39, 0.29) is 12.4 Å². The predicted octanol–water partition coefficient (Wildman–Crippen LogP) is 2.95. The molecule has 0 fully saturated rings. The van der Waals surface area contributed by atoms with Crippen LogP contribution in [0.3, 0.4) is 0 Å². The lowest BCUT2D eigenvalue weighted by molar-refractivity contribution is -0.137. The molecule has 0 aliphatic heterocycles. The zero-order valence-corrected chi connectivity index (χ0v) is 15.7. The average molecular weight is 382 g/mol. The van der Waals surface area contributed by atoms with Gasteiger partial charge in [0.05, 0.1) is 18.7 Å². The van der Waals surface area contributed by atoms with Gasteiger partial charge in [-0.05, 0) is 31.2 Å². The second kappa shape index (κ2) is 9.29. The van der Waals surface area contributed by atoms with Gasteiger partial charge in [0.1, 0.15) is 5.82 Å². The van der Waals surface area contributed by atoms with Gasteiger partial charge in [0, 0.05) is 45.3 Å². The zero-order chi connectivity index (χ0) is 19.9. The first-order valence-electron chi connectivity index (χ1n) is 8.68. The molecule has 148 valence electrons.